The predicted octanol–water partition coefficient (Wildman–Crippen LogP) is -1.02. The molecule has 0 radical (unpaired) electrons. The smallest absolute Gasteiger partial charge is 0.245 e. The number of hydrogen-bond donors (Lipinski definition) is 2. The Morgan fingerprint density at radius 3 is 2.65 bits per heavy atom. The summed E-state index contributed by atoms with van der Waals surface area (Å²) >= 11 is 0. The molecule has 1 unspecified atom stereocenters. The molecule has 0 aromatic carbocycles. The summed E-state index contributed by atoms with van der Waals surface area (Å²) in [4.78, 5) is 25.8. The Hall–Kier alpha value is -1.18. The van der Waals surface area contributed by atoms with Gasteiger partial charge >= 0.3 is 0 Å². The first-order valence-corrected chi connectivity index (χ1v) is 7.04. The van der Waals surface area contributed by atoms with Crippen molar-refractivity contribution in [2.75, 3.05) is 53.1 Å². The zero-order valence-electron chi connectivity index (χ0n) is 12.3. The second-order valence-corrected chi connectivity index (χ2v) is 4.64. The van der Waals surface area contributed by atoms with E-state index < -0.39 is 6.04 Å². The van der Waals surface area contributed by atoms with Crippen molar-refractivity contribution < 1.29 is 19.1 Å². The monoisotopic (exact) mass is 287 g/mol. The Morgan fingerprint density at radius 1 is 1.35 bits per heavy atom. The quantitative estimate of drug-likeness (QED) is 0.558. The van der Waals surface area contributed by atoms with Gasteiger partial charge in [0, 0.05) is 26.7 Å². The maximum Gasteiger partial charge on any atom is 0.245 e. The van der Waals surface area contributed by atoms with Gasteiger partial charge < -0.3 is 25.0 Å². The fourth-order valence-electron chi connectivity index (χ4n) is 1.96. The maximum atomic E-state index is 12.3. The van der Waals surface area contributed by atoms with Crippen LogP contribution in [0.3, 0.4) is 0 Å². The summed E-state index contributed by atoms with van der Waals surface area (Å²) in [5, 5.41) is 5.72. The molecule has 2 amide bonds. The van der Waals surface area contributed by atoms with E-state index in [1.807, 2.05) is 6.92 Å². The molecular formula is C13H25N3O4. The molecule has 1 heterocycles. The van der Waals surface area contributed by atoms with Crippen LogP contribution in [0.5, 0.6) is 0 Å². The third-order valence-electron chi connectivity index (χ3n) is 3.13. The van der Waals surface area contributed by atoms with Crippen LogP contribution in [0.1, 0.15) is 13.3 Å². The fourth-order valence-corrected chi connectivity index (χ4v) is 1.96. The van der Waals surface area contributed by atoms with E-state index in [1.165, 1.54) is 0 Å². The minimum absolute atomic E-state index is 0.0268. The Labute approximate surface area is 120 Å². The van der Waals surface area contributed by atoms with E-state index in [0.29, 0.717) is 45.9 Å². The van der Waals surface area contributed by atoms with Crippen molar-refractivity contribution in [3.05, 3.63) is 0 Å². The first kappa shape index (κ1) is 16.9. The molecule has 0 aromatic rings. The van der Waals surface area contributed by atoms with Gasteiger partial charge in [0.05, 0.1) is 26.4 Å². The highest BCUT2D eigenvalue weighted by atomic mass is 16.5. The van der Waals surface area contributed by atoms with Gasteiger partial charge in [-0.15, -0.1) is 0 Å². The number of nitrogens with one attached hydrogen (secondary N) is 2. The molecular weight excluding hydrogens is 262 g/mol. The molecule has 1 rings (SSSR count). The lowest BCUT2D eigenvalue weighted by atomic mass is 10.2. The van der Waals surface area contributed by atoms with Gasteiger partial charge in [0.1, 0.15) is 6.04 Å². The second-order valence-electron chi connectivity index (χ2n) is 4.64. The first-order valence-electron chi connectivity index (χ1n) is 7.04. The van der Waals surface area contributed by atoms with E-state index in [0.717, 1.165) is 0 Å². The summed E-state index contributed by atoms with van der Waals surface area (Å²) in [5.41, 5.74) is 0. The van der Waals surface area contributed by atoms with Crippen LogP contribution < -0.4 is 10.6 Å². The van der Waals surface area contributed by atoms with E-state index >= 15 is 0 Å². The number of carbonyl (C=O) groups is 2. The summed E-state index contributed by atoms with van der Waals surface area (Å²) in [6.45, 7) is 5.56. The molecule has 1 atom stereocenters. The number of hydrogen-bond acceptors (Lipinski definition) is 5. The Kier molecular flexibility index (Phi) is 8.17. The lowest BCUT2D eigenvalue weighted by Gasteiger charge is -2.30. The van der Waals surface area contributed by atoms with Crippen LogP contribution in [-0.2, 0) is 19.1 Å². The molecule has 0 aromatic heterocycles. The molecule has 1 fully saturated rings. The second kappa shape index (κ2) is 9.68. The van der Waals surface area contributed by atoms with Crippen LogP contribution in [0.15, 0.2) is 0 Å². The summed E-state index contributed by atoms with van der Waals surface area (Å²) in [5.74, 6) is -0.199. The molecule has 7 heteroatoms. The molecule has 7 nitrogen and oxygen atoms in total. The van der Waals surface area contributed by atoms with E-state index in [1.54, 1.807) is 12.0 Å². The summed E-state index contributed by atoms with van der Waals surface area (Å²) in [6, 6.07) is -0.454. The van der Waals surface area contributed by atoms with Gasteiger partial charge in [0.25, 0.3) is 0 Å². The number of morpholine rings is 1. The van der Waals surface area contributed by atoms with Crippen molar-refractivity contribution in [2.45, 2.75) is 19.4 Å². The summed E-state index contributed by atoms with van der Waals surface area (Å²) in [7, 11) is 1.61. The number of methoxy groups -OCH3 is 1. The van der Waals surface area contributed by atoms with Crippen LogP contribution in [0.2, 0.25) is 0 Å². The Morgan fingerprint density at radius 2 is 2.05 bits per heavy atom. The maximum absolute atomic E-state index is 12.3. The van der Waals surface area contributed by atoms with Gasteiger partial charge in [-0.05, 0) is 6.42 Å². The normalized spacial score (nSPS) is 16.8. The van der Waals surface area contributed by atoms with E-state index in [9.17, 15) is 9.59 Å². The summed E-state index contributed by atoms with van der Waals surface area (Å²) < 4.78 is 10.1. The number of ether oxygens (including phenoxy) is 2. The Bertz CT molecular complexity index is 306. The molecule has 0 aliphatic carbocycles. The zero-order chi connectivity index (χ0) is 14.8. The average molecular weight is 287 g/mol. The van der Waals surface area contributed by atoms with Crippen LogP contribution in [-0.4, -0.2) is 75.9 Å². The predicted molar refractivity (Wildman–Crippen MR) is 74.4 cm³/mol. The van der Waals surface area contributed by atoms with Gasteiger partial charge in [-0.3, -0.25) is 9.59 Å². The van der Waals surface area contributed by atoms with Gasteiger partial charge in [-0.2, -0.15) is 0 Å². The molecule has 1 saturated heterocycles. The molecule has 116 valence electrons. The van der Waals surface area contributed by atoms with E-state index in [4.69, 9.17) is 9.47 Å². The molecule has 0 spiro atoms. The van der Waals surface area contributed by atoms with E-state index in [-0.39, 0.29) is 18.4 Å². The Balaban J connectivity index is 2.33. The lowest BCUT2D eigenvalue weighted by Crippen LogP contribution is -2.52. The number of nitrogens with zero attached hydrogens (tertiary/aromatic N) is 1. The first-order chi connectivity index (χ1) is 9.69. The summed E-state index contributed by atoms with van der Waals surface area (Å²) in [6.07, 6.45) is 0.583. The standard InChI is InChI=1S/C13H25N3O4/c1-3-11(13(18)16-5-8-20-9-6-16)15-12(17)10-14-4-7-19-2/h11,14H,3-10H2,1-2H3,(H,15,17). The minimum atomic E-state index is -0.454. The topological polar surface area (TPSA) is 79.9 Å². The SMILES string of the molecule is CCC(NC(=O)CNCCOC)C(=O)N1CCOCC1. The number of rotatable bonds is 8. The van der Waals surface area contributed by atoms with Crippen LogP contribution in [0, 0.1) is 0 Å². The minimum Gasteiger partial charge on any atom is -0.383 e. The van der Waals surface area contributed by atoms with Crippen LogP contribution in [0.25, 0.3) is 0 Å². The van der Waals surface area contributed by atoms with Crippen LogP contribution >= 0.6 is 0 Å². The third-order valence-corrected chi connectivity index (χ3v) is 3.13. The molecule has 0 saturated carbocycles. The van der Waals surface area contributed by atoms with Crippen molar-refractivity contribution in [1.82, 2.24) is 15.5 Å². The highest BCUT2D eigenvalue weighted by Crippen LogP contribution is 2.03. The van der Waals surface area contributed by atoms with Crippen LogP contribution in [0.4, 0.5) is 0 Å². The molecule has 1 aliphatic rings. The highest BCUT2D eigenvalue weighted by molar-refractivity contribution is 5.88. The van der Waals surface area contributed by atoms with Crippen molar-refractivity contribution in [1.29, 1.82) is 0 Å². The molecule has 2 N–H and O–H groups in total. The fraction of sp³-hybridized carbons (Fsp3) is 0.846. The lowest BCUT2D eigenvalue weighted by molar-refractivity contribution is -0.139. The van der Waals surface area contributed by atoms with Gasteiger partial charge in [0.15, 0.2) is 0 Å². The van der Waals surface area contributed by atoms with Gasteiger partial charge in [-0.1, -0.05) is 6.92 Å². The van der Waals surface area contributed by atoms with Gasteiger partial charge in [-0.25, -0.2) is 0 Å². The largest absolute Gasteiger partial charge is 0.383 e. The third kappa shape index (κ3) is 5.85. The van der Waals surface area contributed by atoms with E-state index in [2.05, 4.69) is 10.6 Å². The number of amides is 2. The highest BCUT2D eigenvalue weighted by Gasteiger charge is 2.25. The molecule has 20 heavy (non-hydrogen) atoms. The van der Waals surface area contributed by atoms with Crippen molar-refractivity contribution >= 4 is 11.8 Å². The van der Waals surface area contributed by atoms with Crippen molar-refractivity contribution in [3.63, 3.8) is 0 Å². The van der Waals surface area contributed by atoms with Gasteiger partial charge in [0.2, 0.25) is 11.8 Å². The number of carbonyl (C=O) groups excluding carboxylic acids is 2. The van der Waals surface area contributed by atoms with Crippen molar-refractivity contribution in [3.8, 4) is 0 Å². The van der Waals surface area contributed by atoms with Crippen molar-refractivity contribution in [2.24, 2.45) is 0 Å². The molecule has 0 bridgehead atoms. The zero-order valence-corrected chi connectivity index (χ0v) is 12.3. The molecule has 1 aliphatic heterocycles. The average Bonchev–Trinajstić information content (AvgIpc) is 2.49.